The van der Waals surface area contributed by atoms with E-state index in [-0.39, 0.29) is 0 Å². The third-order valence-corrected chi connectivity index (χ3v) is 1.48. The van der Waals surface area contributed by atoms with Gasteiger partial charge in [-0.2, -0.15) is 13.2 Å². The number of halogens is 4. The summed E-state index contributed by atoms with van der Waals surface area (Å²) in [5.41, 5.74) is 0. The highest BCUT2D eigenvalue weighted by Gasteiger charge is 2.39. The van der Waals surface area contributed by atoms with Gasteiger partial charge in [-0.1, -0.05) is 0 Å². The molecule has 3 nitrogen and oxygen atoms in total. The zero-order chi connectivity index (χ0) is 10.6. The maximum Gasteiger partial charge on any atom is 0.471 e. The van der Waals surface area contributed by atoms with Crippen LogP contribution < -0.4 is 5.32 Å². The number of nitrogens with one attached hydrogen (secondary N) is 1. The minimum Gasteiger partial charge on any atom is -0.339 e. The predicted molar refractivity (Wildman–Crippen MR) is 39.4 cm³/mol. The summed E-state index contributed by atoms with van der Waals surface area (Å²) in [7, 11) is 0. The van der Waals surface area contributed by atoms with Crippen molar-refractivity contribution < 1.29 is 22.8 Å². The van der Waals surface area contributed by atoms with Crippen LogP contribution in [0.25, 0.3) is 0 Å². The van der Waals surface area contributed by atoms with Crippen LogP contribution in [0.15, 0.2) is 0 Å². The Kier molecular flexibility index (Phi) is 4.19. The topological polar surface area (TPSA) is 46.2 Å². The number of rotatable bonds is 3. The summed E-state index contributed by atoms with van der Waals surface area (Å²) < 4.78 is 34.9. The first-order chi connectivity index (χ1) is 5.79. The summed E-state index contributed by atoms with van der Waals surface area (Å²) in [6.07, 6.45) is -4.97. The minimum atomic E-state index is -4.97. The number of hydrogen-bond donors (Lipinski definition) is 1. The lowest BCUT2D eigenvalue weighted by Crippen LogP contribution is -2.45. The van der Waals surface area contributed by atoms with Gasteiger partial charge in [0.05, 0.1) is 11.9 Å². The molecule has 0 aromatic heterocycles. The Hall–Kier alpha value is -0.780. The van der Waals surface area contributed by atoms with Crippen molar-refractivity contribution in [3.05, 3.63) is 0 Å². The number of amides is 1. The lowest BCUT2D eigenvalue weighted by molar-refractivity contribution is -0.174. The Labute approximate surface area is 77.2 Å². The Morgan fingerprint density at radius 2 is 1.92 bits per heavy atom. The molecule has 0 unspecified atom stereocenters. The van der Waals surface area contributed by atoms with Crippen LogP contribution in [0.1, 0.15) is 6.92 Å². The van der Waals surface area contributed by atoms with Crippen LogP contribution >= 0.6 is 11.6 Å². The molecule has 0 saturated carbocycles. The molecule has 0 rings (SSSR count). The van der Waals surface area contributed by atoms with E-state index < -0.39 is 29.8 Å². The lowest BCUT2D eigenvalue weighted by atomic mass is 10.2. The van der Waals surface area contributed by atoms with E-state index in [0.717, 1.165) is 6.92 Å². The number of alkyl halides is 4. The van der Waals surface area contributed by atoms with Gasteiger partial charge >= 0.3 is 12.1 Å². The third kappa shape index (κ3) is 4.12. The molecule has 0 fully saturated rings. The molecule has 0 radical (unpaired) electrons. The van der Waals surface area contributed by atoms with E-state index in [9.17, 15) is 22.8 Å². The Morgan fingerprint density at radius 1 is 1.46 bits per heavy atom. The molecule has 0 saturated heterocycles. The maximum atomic E-state index is 11.6. The molecule has 0 heterocycles. The SMILES string of the molecule is C[C@H](NC(=O)C(F)(F)F)C(=O)CCl. The fourth-order valence-corrected chi connectivity index (χ4v) is 0.706. The first kappa shape index (κ1) is 12.2. The molecule has 0 spiro atoms. The largest absolute Gasteiger partial charge is 0.471 e. The van der Waals surface area contributed by atoms with Crippen molar-refractivity contribution in [1.82, 2.24) is 5.32 Å². The summed E-state index contributed by atoms with van der Waals surface area (Å²) in [5, 5.41) is 1.47. The summed E-state index contributed by atoms with van der Waals surface area (Å²) in [4.78, 5) is 20.9. The van der Waals surface area contributed by atoms with Gasteiger partial charge in [0.2, 0.25) is 0 Å². The summed E-state index contributed by atoms with van der Waals surface area (Å²) in [6, 6.07) is -1.22. The number of Topliss-reactive ketones (excluding diaryl/α,β-unsaturated/α-hetero) is 1. The Balaban J connectivity index is 4.15. The molecule has 13 heavy (non-hydrogen) atoms. The minimum absolute atomic E-state index is 0.431. The summed E-state index contributed by atoms with van der Waals surface area (Å²) >= 11 is 5.06. The van der Waals surface area contributed by atoms with E-state index in [1.807, 2.05) is 0 Å². The van der Waals surface area contributed by atoms with E-state index in [2.05, 4.69) is 0 Å². The van der Waals surface area contributed by atoms with Crippen LogP contribution in [0.5, 0.6) is 0 Å². The summed E-state index contributed by atoms with van der Waals surface area (Å²) in [6.45, 7) is 1.13. The zero-order valence-electron chi connectivity index (χ0n) is 6.61. The van der Waals surface area contributed by atoms with Crippen molar-refractivity contribution >= 4 is 23.3 Å². The highest BCUT2D eigenvalue weighted by atomic mass is 35.5. The Bertz CT molecular complexity index is 216. The first-order valence-corrected chi connectivity index (χ1v) is 3.79. The second-order valence-electron chi connectivity index (χ2n) is 2.29. The highest BCUT2D eigenvalue weighted by Crippen LogP contribution is 2.14. The van der Waals surface area contributed by atoms with Crippen molar-refractivity contribution in [1.29, 1.82) is 0 Å². The van der Waals surface area contributed by atoms with Crippen LogP contribution in [0.3, 0.4) is 0 Å². The molecule has 0 bridgehead atoms. The van der Waals surface area contributed by atoms with Gasteiger partial charge in [0.1, 0.15) is 0 Å². The van der Waals surface area contributed by atoms with E-state index >= 15 is 0 Å². The second kappa shape index (κ2) is 4.45. The third-order valence-electron chi connectivity index (χ3n) is 1.22. The normalized spacial score (nSPS) is 13.6. The number of carbonyl (C=O) groups is 2. The van der Waals surface area contributed by atoms with Gasteiger partial charge in [0, 0.05) is 0 Å². The van der Waals surface area contributed by atoms with E-state index in [4.69, 9.17) is 11.6 Å². The van der Waals surface area contributed by atoms with Crippen molar-refractivity contribution in [2.45, 2.75) is 19.1 Å². The lowest BCUT2D eigenvalue weighted by Gasteiger charge is -2.12. The molecule has 0 aliphatic carbocycles. The van der Waals surface area contributed by atoms with Crippen molar-refractivity contribution in [3.8, 4) is 0 Å². The number of ketones is 1. The zero-order valence-corrected chi connectivity index (χ0v) is 7.37. The molecule has 1 atom stereocenters. The van der Waals surface area contributed by atoms with Gasteiger partial charge < -0.3 is 5.32 Å². The van der Waals surface area contributed by atoms with E-state index in [1.54, 1.807) is 0 Å². The van der Waals surface area contributed by atoms with Crippen molar-refractivity contribution in [3.63, 3.8) is 0 Å². The standard InChI is InChI=1S/C6H7ClF3NO2/c1-3(4(12)2-7)11-5(13)6(8,9)10/h3H,2H2,1H3,(H,11,13)/t3-/m0/s1. The van der Waals surface area contributed by atoms with Crippen molar-refractivity contribution in [2.24, 2.45) is 0 Å². The monoisotopic (exact) mass is 217 g/mol. The van der Waals surface area contributed by atoms with E-state index in [0.29, 0.717) is 0 Å². The molecule has 1 amide bonds. The predicted octanol–water partition coefficient (Wildman–Crippen LogP) is 0.861. The van der Waals surface area contributed by atoms with Crippen LogP contribution in [0, 0.1) is 0 Å². The fraction of sp³-hybridized carbons (Fsp3) is 0.667. The highest BCUT2D eigenvalue weighted by molar-refractivity contribution is 6.28. The second-order valence-corrected chi connectivity index (χ2v) is 2.56. The van der Waals surface area contributed by atoms with Gasteiger partial charge in [-0.05, 0) is 6.92 Å². The quantitative estimate of drug-likeness (QED) is 0.713. The Morgan fingerprint density at radius 3 is 2.23 bits per heavy atom. The first-order valence-electron chi connectivity index (χ1n) is 3.25. The molecule has 0 aromatic rings. The van der Waals surface area contributed by atoms with Gasteiger partial charge in [-0.3, -0.25) is 9.59 Å². The molecule has 0 aromatic carbocycles. The van der Waals surface area contributed by atoms with Gasteiger partial charge in [0.15, 0.2) is 5.78 Å². The van der Waals surface area contributed by atoms with Crippen molar-refractivity contribution in [2.75, 3.05) is 5.88 Å². The average Bonchev–Trinajstić information content (AvgIpc) is 2.01. The molecular weight excluding hydrogens is 211 g/mol. The van der Waals surface area contributed by atoms with Gasteiger partial charge in [-0.25, -0.2) is 0 Å². The van der Waals surface area contributed by atoms with Crippen LogP contribution in [-0.2, 0) is 9.59 Å². The molecule has 76 valence electrons. The van der Waals surface area contributed by atoms with Gasteiger partial charge in [0.25, 0.3) is 0 Å². The molecule has 0 aliphatic heterocycles. The van der Waals surface area contributed by atoms with E-state index in [1.165, 1.54) is 5.32 Å². The fourth-order valence-electron chi connectivity index (χ4n) is 0.475. The van der Waals surface area contributed by atoms with Crippen LogP contribution in [-0.4, -0.2) is 29.8 Å². The van der Waals surface area contributed by atoms with Crippen LogP contribution in [0.4, 0.5) is 13.2 Å². The summed E-state index contributed by atoms with van der Waals surface area (Å²) in [5.74, 6) is -3.24. The van der Waals surface area contributed by atoms with Gasteiger partial charge in [-0.15, -0.1) is 11.6 Å². The molecule has 0 aliphatic rings. The van der Waals surface area contributed by atoms with Crippen LogP contribution in [0.2, 0.25) is 0 Å². The average molecular weight is 218 g/mol. The molecular formula is C6H7ClF3NO2. The molecule has 7 heteroatoms. The smallest absolute Gasteiger partial charge is 0.339 e. The number of hydrogen-bond acceptors (Lipinski definition) is 2. The number of carbonyl (C=O) groups excluding carboxylic acids is 2. The maximum absolute atomic E-state index is 11.6. The molecule has 1 N–H and O–H groups in total.